The number of nitrogens with one attached hydrogen (secondary N) is 1. The van der Waals surface area contributed by atoms with Gasteiger partial charge in [-0.2, -0.15) is 0 Å². The van der Waals surface area contributed by atoms with Gasteiger partial charge in [0.15, 0.2) is 5.96 Å². The lowest BCUT2D eigenvalue weighted by atomic mass is 10.0. The normalized spacial score (nSPS) is 20.1. The molecule has 2 fully saturated rings. The second-order valence-corrected chi connectivity index (χ2v) is 8.81. The van der Waals surface area contributed by atoms with Gasteiger partial charge in [-0.1, -0.05) is 44.2 Å². The van der Waals surface area contributed by atoms with Crippen LogP contribution >= 0.6 is 24.0 Å². The highest BCUT2D eigenvalue weighted by atomic mass is 127. The van der Waals surface area contributed by atoms with Gasteiger partial charge < -0.3 is 20.0 Å². The first-order valence-electron chi connectivity index (χ1n) is 12.4. The number of rotatable bonds is 9. The molecule has 6 nitrogen and oxygen atoms in total. The molecule has 2 aliphatic heterocycles. The Morgan fingerprint density at radius 3 is 2.16 bits per heavy atom. The monoisotopic (exact) mass is 556 g/mol. The number of halogens is 1. The lowest BCUT2D eigenvalue weighted by Gasteiger charge is -2.40. The van der Waals surface area contributed by atoms with Gasteiger partial charge in [-0.25, -0.2) is 0 Å². The van der Waals surface area contributed by atoms with Gasteiger partial charge in [0.05, 0.1) is 0 Å². The maximum absolute atomic E-state index is 4.56. The predicted octanol–water partition coefficient (Wildman–Crippen LogP) is 3.37. The maximum Gasteiger partial charge on any atom is 0.193 e. The molecule has 2 aliphatic rings. The van der Waals surface area contributed by atoms with Crippen molar-refractivity contribution >= 4 is 29.9 Å². The summed E-state index contributed by atoms with van der Waals surface area (Å²) in [7, 11) is 1.92. The second-order valence-electron chi connectivity index (χ2n) is 8.81. The summed E-state index contributed by atoms with van der Waals surface area (Å²) in [6.45, 7) is 17.2. The van der Waals surface area contributed by atoms with Crippen molar-refractivity contribution < 1.29 is 0 Å². The van der Waals surface area contributed by atoms with Gasteiger partial charge in [0, 0.05) is 72.0 Å². The zero-order chi connectivity index (χ0) is 21.9. The van der Waals surface area contributed by atoms with Crippen LogP contribution in [0.1, 0.15) is 44.7 Å². The van der Waals surface area contributed by atoms with E-state index in [0.29, 0.717) is 6.04 Å². The first-order chi connectivity index (χ1) is 15.2. The van der Waals surface area contributed by atoms with E-state index < -0.39 is 0 Å². The zero-order valence-electron chi connectivity index (χ0n) is 20.5. The molecule has 32 heavy (non-hydrogen) atoms. The Morgan fingerprint density at radius 2 is 1.56 bits per heavy atom. The third-order valence-corrected chi connectivity index (χ3v) is 6.93. The maximum atomic E-state index is 4.56. The standard InChI is InChI=1S/C25H44N6.HI/c1-4-24(23-11-7-6-8-12-23)30-19-21-31(22-20-30)25(26-3)27-13-9-10-14-29-17-15-28(5-2)16-18-29;/h6-8,11-12,24H,4-5,9-10,13-22H2,1-3H3,(H,26,27);1H. The number of nitrogens with zero attached hydrogens (tertiary/aromatic N) is 5. The van der Waals surface area contributed by atoms with Crippen molar-refractivity contribution in [2.75, 3.05) is 79.0 Å². The van der Waals surface area contributed by atoms with Crippen LogP contribution in [0.5, 0.6) is 0 Å². The van der Waals surface area contributed by atoms with E-state index >= 15 is 0 Å². The highest BCUT2D eigenvalue weighted by Gasteiger charge is 2.25. The molecule has 7 heteroatoms. The third kappa shape index (κ3) is 8.15. The molecule has 1 unspecified atom stereocenters. The van der Waals surface area contributed by atoms with E-state index in [1.807, 2.05) is 7.05 Å². The number of hydrogen-bond donors (Lipinski definition) is 1. The van der Waals surface area contributed by atoms with Crippen LogP contribution < -0.4 is 5.32 Å². The summed E-state index contributed by atoms with van der Waals surface area (Å²) >= 11 is 0. The number of unbranched alkanes of at least 4 members (excludes halogenated alkanes) is 1. The summed E-state index contributed by atoms with van der Waals surface area (Å²) in [5.74, 6) is 1.07. The molecule has 2 saturated heterocycles. The Labute approximate surface area is 213 Å². The molecule has 1 atom stereocenters. The van der Waals surface area contributed by atoms with Crippen molar-refractivity contribution in [3.8, 4) is 0 Å². The van der Waals surface area contributed by atoms with Gasteiger partial charge in [-0.15, -0.1) is 24.0 Å². The number of hydrogen-bond acceptors (Lipinski definition) is 4. The van der Waals surface area contributed by atoms with Crippen molar-refractivity contribution in [1.29, 1.82) is 0 Å². The largest absolute Gasteiger partial charge is 0.356 e. The molecule has 1 aromatic rings. The second kappa shape index (κ2) is 15.1. The lowest BCUT2D eigenvalue weighted by molar-refractivity contribution is 0.126. The molecule has 1 aromatic carbocycles. The fourth-order valence-corrected chi connectivity index (χ4v) is 4.95. The summed E-state index contributed by atoms with van der Waals surface area (Å²) in [6, 6.07) is 11.5. The number of aliphatic imine (C=N–C) groups is 1. The van der Waals surface area contributed by atoms with Gasteiger partial charge in [0.1, 0.15) is 0 Å². The van der Waals surface area contributed by atoms with Crippen LogP contribution in [0, 0.1) is 0 Å². The van der Waals surface area contributed by atoms with E-state index in [1.165, 1.54) is 57.7 Å². The number of guanidine groups is 1. The fourth-order valence-electron chi connectivity index (χ4n) is 4.95. The predicted molar refractivity (Wildman–Crippen MR) is 147 cm³/mol. The minimum Gasteiger partial charge on any atom is -0.356 e. The Balaban J connectivity index is 0.00000363. The van der Waals surface area contributed by atoms with Gasteiger partial charge in [0.25, 0.3) is 0 Å². The van der Waals surface area contributed by atoms with Crippen LogP contribution in [0.3, 0.4) is 0 Å². The van der Waals surface area contributed by atoms with E-state index in [4.69, 9.17) is 0 Å². The van der Waals surface area contributed by atoms with Crippen LogP contribution in [0.15, 0.2) is 35.3 Å². The molecule has 1 N–H and O–H groups in total. The smallest absolute Gasteiger partial charge is 0.193 e. The molecule has 182 valence electrons. The Kier molecular flexibility index (Phi) is 12.9. The van der Waals surface area contributed by atoms with Crippen LogP contribution in [0.4, 0.5) is 0 Å². The topological polar surface area (TPSA) is 37.4 Å². The quantitative estimate of drug-likeness (QED) is 0.219. The van der Waals surface area contributed by atoms with E-state index in [9.17, 15) is 0 Å². The molecule has 0 aromatic heterocycles. The SMILES string of the molecule is CCC(c1ccccc1)N1CCN(C(=NC)NCCCCN2CCN(CC)CC2)CC1.I. The van der Waals surface area contributed by atoms with Crippen LogP contribution in [-0.4, -0.2) is 105 Å². The van der Waals surface area contributed by atoms with E-state index in [1.54, 1.807) is 0 Å². The van der Waals surface area contributed by atoms with Crippen LogP contribution in [-0.2, 0) is 0 Å². The van der Waals surface area contributed by atoms with Gasteiger partial charge in [0.2, 0.25) is 0 Å². The van der Waals surface area contributed by atoms with Crippen molar-refractivity contribution in [2.24, 2.45) is 4.99 Å². The Bertz CT molecular complexity index is 639. The average molecular weight is 557 g/mol. The summed E-state index contributed by atoms with van der Waals surface area (Å²) < 4.78 is 0. The number of likely N-dealkylation sites (N-methyl/N-ethyl adjacent to an activating group) is 1. The summed E-state index contributed by atoms with van der Waals surface area (Å²) in [5.41, 5.74) is 1.44. The lowest BCUT2D eigenvalue weighted by Crippen LogP contribution is -2.53. The highest BCUT2D eigenvalue weighted by molar-refractivity contribution is 14.0. The molecular formula is C25H45IN6. The first-order valence-corrected chi connectivity index (χ1v) is 12.4. The average Bonchev–Trinajstić information content (AvgIpc) is 2.83. The van der Waals surface area contributed by atoms with Crippen LogP contribution in [0.25, 0.3) is 0 Å². The zero-order valence-corrected chi connectivity index (χ0v) is 22.8. The number of piperazine rings is 2. The minimum atomic E-state index is 0. The van der Waals surface area contributed by atoms with Crippen molar-refractivity contribution in [3.63, 3.8) is 0 Å². The summed E-state index contributed by atoms with van der Waals surface area (Å²) in [5, 5.41) is 3.61. The molecule has 0 bridgehead atoms. The molecule has 0 aliphatic carbocycles. The molecule has 0 spiro atoms. The van der Waals surface area contributed by atoms with Crippen molar-refractivity contribution in [2.45, 2.75) is 39.2 Å². The molecule has 3 rings (SSSR count). The Hall–Kier alpha value is -0.900. The van der Waals surface area contributed by atoms with Crippen molar-refractivity contribution in [3.05, 3.63) is 35.9 Å². The first kappa shape index (κ1) is 27.3. The molecule has 0 saturated carbocycles. The molecule has 0 amide bonds. The molecular weight excluding hydrogens is 511 g/mol. The minimum absolute atomic E-state index is 0. The third-order valence-electron chi connectivity index (χ3n) is 6.93. The van der Waals surface area contributed by atoms with E-state index in [2.05, 4.69) is 74.1 Å². The molecule has 0 radical (unpaired) electrons. The van der Waals surface area contributed by atoms with E-state index in [0.717, 1.165) is 45.1 Å². The van der Waals surface area contributed by atoms with Gasteiger partial charge >= 0.3 is 0 Å². The van der Waals surface area contributed by atoms with Crippen molar-refractivity contribution in [1.82, 2.24) is 24.9 Å². The highest BCUT2D eigenvalue weighted by Crippen LogP contribution is 2.25. The number of benzene rings is 1. The Morgan fingerprint density at radius 1 is 0.906 bits per heavy atom. The summed E-state index contributed by atoms with van der Waals surface area (Å²) in [4.78, 5) is 14.8. The molecule has 2 heterocycles. The van der Waals surface area contributed by atoms with Crippen LogP contribution in [0.2, 0.25) is 0 Å². The summed E-state index contributed by atoms with van der Waals surface area (Å²) in [6.07, 6.45) is 3.63. The fraction of sp³-hybridized carbons (Fsp3) is 0.720. The van der Waals surface area contributed by atoms with E-state index in [-0.39, 0.29) is 24.0 Å². The van der Waals surface area contributed by atoms with Gasteiger partial charge in [-0.3, -0.25) is 9.89 Å². The van der Waals surface area contributed by atoms with Gasteiger partial charge in [-0.05, 0) is 37.9 Å².